The molecule has 0 spiro atoms. The van der Waals surface area contributed by atoms with E-state index < -0.39 is 11.4 Å². The van der Waals surface area contributed by atoms with Crippen LogP contribution in [0.25, 0.3) is 0 Å². The van der Waals surface area contributed by atoms with E-state index in [-0.39, 0.29) is 26.3 Å². The number of rotatable bonds is 21. The summed E-state index contributed by atoms with van der Waals surface area (Å²) in [5.41, 5.74) is -0.790. The van der Waals surface area contributed by atoms with Crippen molar-refractivity contribution in [2.45, 2.75) is 129 Å². The zero-order valence-corrected chi connectivity index (χ0v) is 19.9. The van der Waals surface area contributed by atoms with Gasteiger partial charge in [-0.15, -0.1) is 0 Å². The number of hydrogen-bond acceptors (Lipinski definition) is 4. The van der Waals surface area contributed by atoms with Crippen LogP contribution in [0, 0.1) is 0 Å². The van der Waals surface area contributed by atoms with Gasteiger partial charge in [0.1, 0.15) is 0 Å². The van der Waals surface area contributed by atoms with Gasteiger partial charge in [-0.3, -0.25) is 0 Å². The predicted molar refractivity (Wildman–Crippen MR) is 127 cm³/mol. The molecule has 1 aromatic rings. The number of nitrogens with zero attached hydrogens (tertiary/aromatic N) is 3. The molecule has 31 heavy (non-hydrogen) atoms. The highest BCUT2D eigenvalue weighted by molar-refractivity contribution is 4.75. The molecule has 7 heteroatoms. The van der Waals surface area contributed by atoms with Crippen molar-refractivity contribution in [1.82, 2.24) is 13.9 Å². The number of unbranched alkanes of at least 4 members (excludes halogenated alkanes) is 15. The van der Waals surface area contributed by atoms with Crippen LogP contribution in [0.2, 0.25) is 0 Å². The van der Waals surface area contributed by atoms with Crippen molar-refractivity contribution in [2.75, 3.05) is 13.2 Å². The Morgan fingerprint density at radius 3 is 1.16 bits per heavy atom. The maximum Gasteiger partial charge on any atom is 0.347 e. The van der Waals surface area contributed by atoms with Gasteiger partial charge in [0.15, 0.2) is 0 Å². The standard InChI is InChI=1S/C24H47N3O4/c1-2-3-4-5-6-7-8-9-10-11-12-13-14-15-16-17-18-25-23(30)26(19-21-28)27(20-22-29)24(25)31/h28-29H,2-22H2,1H3. The molecule has 0 amide bonds. The Hall–Kier alpha value is -1.34. The molecular weight excluding hydrogens is 394 g/mol. The molecule has 0 unspecified atom stereocenters. The Morgan fingerprint density at radius 1 is 0.516 bits per heavy atom. The zero-order chi connectivity index (χ0) is 22.7. The second kappa shape index (κ2) is 18.3. The van der Waals surface area contributed by atoms with E-state index in [0.29, 0.717) is 6.54 Å². The van der Waals surface area contributed by atoms with E-state index >= 15 is 0 Å². The van der Waals surface area contributed by atoms with Crippen molar-refractivity contribution < 1.29 is 10.2 Å². The molecule has 0 aromatic carbocycles. The van der Waals surface area contributed by atoms with Crippen LogP contribution >= 0.6 is 0 Å². The molecule has 2 N–H and O–H groups in total. The summed E-state index contributed by atoms with van der Waals surface area (Å²) in [6, 6.07) is 0. The Bertz CT molecular complexity index is 625. The van der Waals surface area contributed by atoms with Crippen molar-refractivity contribution in [3.8, 4) is 0 Å². The highest BCUT2D eigenvalue weighted by Crippen LogP contribution is 2.13. The minimum Gasteiger partial charge on any atom is -0.394 e. The third-order valence-corrected chi connectivity index (χ3v) is 6.05. The summed E-state index contributed by atoms with van der Waals surface area (Å²) in [6.07, 6.45) is 20.6. The third-order valence-electron chi connectivity index (χ3n) is 6.05. The molecule has 0 aliphatic rings. The smallest absolute Gasteiger partial charge is 0.347 e. The quantitative estimate of drug-likeness (QED) is 0.282. The maximum atomic E-state index is 12.4. The fourth-order valence-corrected chi connectivity index (χ4v) is 4.20. The van der Waals surface area contributed by atoms with Gasteiger partial charge in [-0.2, -0.15) is 0 Å². The van der Waals surface area contributed by atoms with Gasteiger partial charge in [0.2, 0.25) is 0 Å². The van der Waals surface area contributed by atoms with Crippen LogP contribution in [0.5, 0.6) is 0 Å². The van der Waals surface area contributed by atoms with Gasteiger partial charge < -0.3 is 10.2 Å². The van der Waals surface area contributed by atoms with Gasteiger partial charge in [0, 0.05) is 6.54 Å². The van der Waals surface area contributed by atoms with Crippen molar-refractivity contribution in [3.63, 3.8) is 0 Å². The molecule has 0 bridgehead atoms. The Labute approximate surface area is 188 Å². The molecule has 1 aromatic heterocycles. The number of aliphatic hydroxyl groups excluding tert-OH is 2. The monoisotopic (exact) mass is 441 g/mol. The SMILES string of the molecule is CCCCCCCCCCCCCCCCCCn1c(=O)n(CCO)n(CCO)c1=O. The first-order valence-corrected chi connectivity index (χ1v) is 12.8. The second-order valence-electron chi connectivity index (χ2n) is 8.71. The third kappa shape index (κ3) is 11.2. The molecule has 0 aliphatic heterocycles. The van der Waals surface area contributed by atoms with Crippen LogP contribution in [0.4, 0.5) is 0 Å². The summed E-state index contributed by atoms with van der Waals surface area (Å²) in [5.74, 6) is 0. The minimum atomic E-state index is -0.395. The molecule has 1 rings (SSSR count). The molecule has 1 heterocycles. The highest BCUT2D eigenvalue weighted by atomic mass is 16.3. The summed E-state index contributed by atoms with van der Waals surface area (Å²) < 4.78 is 3.69. The van der Waals surface area contributed by atoms with Gasteiger partial charge in [-0.1, -0.05) is 103 Å². The van der Waals surface area contributed by atoms with Crippen molar-refractivity contribution in [1.29, 1.82) is 0 Å². The Balaban J connectivity index is 2.06. The van der Waals surface area contributed by atoms with E-state index in [1.165, 1.54) is 97.4 Å². The van der Waals surface area contributed by atoms with E-state index in [4.69, 9.17) is 10.2 Å². The summed E-state index contributed by atoms with van der Waals surface area (Å²) in [5, 5.41) is 18.2. The van der Waals surface area contributed by atoms with Gasteiger partial charge >= 0.3 is 11.4 Å². The lowest BCUT2D eigenvalue weighted by molar-refractivity contribution is 0.226. The fourth-order valence-electron chi connectivity index (χ4n) is 4.20. The minimum absolute atomic E-state index is 0.0695. The van der Waals surface area contributed by atoms with Crippen molar-refractivity contribution in [2.24, 2.45) is 0 Å². The molecule has 0 saturated carbocycles. The summed E-state index contributed by atoms with van der Waals surface area (Å²) in [7, 11) is 0. The first kappa shape index (κ1) is 27.7. The van der Waals surface area contributed by atoms with Crippen LogP contribution in [0.15, 0.2) is 9.59 Å². The lowest BCUT2D eigenvalue weighted by Crippen LogP contribution is -2.29. The van der Waals surface area contributed by atoms with Crippen LogP contribution in [-0.4, -0.2) is 37.4 Å². The molecule has 0 atom stereocenters. The average Bonchev–Trinajstić information content (AvgIpc) is 2.98. The van der Waals surface area contributed by atoms with E-state index in [1.807, 2.05) is 0 Å². The molecule has 7 nitrogen and oxygen atoms in total. The topological polar surface area (TPSA) is 89.4 Å². The van der Waals surface area contributed by atoms with Gasteiger partial charge in [-0.05, 0) is 6.42 Å². The van der Waals surface area contributed by atoms with Gasteiger partial charge in [0.25, 0.3) is 0 Å². The molecule has 0 saturated heterocycles. The second-order valence-corrected chi connectivity index (χ2v) is 8.71. The molecular formula is C24H47N3O4. The van der Waals surface area contributed by atoms with Crippen LogP contribution in [0.3, 0.4) is 0 Å². The van der Waals surface area contributed by atoms with Gasteiger partial charge in [0.05, 0.1) is 26.3 Å². The molecule has 0 fully saturated rings. The molecule has 182 valence electrons. The largest absolute Gasteiger partial charge is 0.394 e. The zero-order valence-electron chi connectivity index (χ0n) is 19.9. The molecule has 0 aliphatic carbocycles. The van der Waals surface area contributed by atoms with Crippen molar-refractivity contribution >= 4 is 0 Å². The van der Waals surface area contributed by atoms with E-state index in [9.17, 15) is 9.59 Å². The Morgan fingerprint density at radius 2 is 0.839 bits per heavy atom. The van der Waals surface area contributed by atoms with Crippen molar-refractivity contribution in [3.05, 3.63) is 21.0 Å². The maximum absolute atomic E-state index is 12.4. The van der Waals surface area contributed by atoms with E-state index in [2.05, 4.69) is 6.92 Å². The van der Waals surface area contributed by atoms with E-state index in [0.717, 1.165) is 19.3 Å². The number of aliphatic hydroxyl groups is 2. The first-order valence-electron chi connectivity index (χ1n) is 12.8. The van der Waals surface area contributed by atoms with Crippen LogP contribution in [-0.2, 0) is 19.6 Å². The summed E-state index contributed by atoms with van der Waals surface area (Å²) in [4.78, 5) is 24.8. The van der Waals surface area contributed by atoms with Crippen LogP contribution in [0.1, 0.15) is 110 Å². The lowest BCUT2D eigenvalue weighted by atomic mass is 10.0. The lowest BCUT2D eigenvalue weighted by Gasteiger charge is -2.05. The Kier molecular flexibility index (Phi) is 16.3. The first-order chi connectivity index (χ1) is 15.2. The predicted octanol–water partition coefficient (Wildman–Crippen LogP) is 4.06. The highest BCUT2D eigenvalue weighted by Gasteiger charge is 2.14. The number of aromatic nitrogens is 3. The normalized spacial score (nSPS) is 11.5. The average molecular weight is 442 g/mol. The van der Waals surface area contributed by atoms with E-state index in [1.54, 1.807) is 0 Å². The summed E-state index contributed by atoms with van der Waals surface area (Å²) >= 11 is 0. The fraction of sp³-hybridized carbons (Fsp3) is 0.917. The van der Waals surface area contributed by atoms with Crippen LogP contribution < -0.4 is 11.4 Å². The number of hydrogen-bond donors (Lipinski definition) is 2. The van der Waals surface area contributed by atoms with Gasteiger partial charge in [-0.25, -0.2) is 23.5 Å². The molecule has 0 radical (unpaired) electrons. The summed E-state index contributed by atoms with van der Waals surface area (Å²) in [6.45, 7) is 2.38.